The first kappa shape index (κ1) is 24.9. The number of hydrogen-bond acceptors (Lipinski definition) is 6. The van der Waals surface area contributed by atoms with Crippen LogP contribution in [0.2, 0.25) is 0 Å². The van der Waals surface area contributed by atoms with E-state index in [-0.39, 0.29) is 17.3 Å². The van der Waals surface area contributed by atoms with Crippen LogP contribution in [0.3, 0.4) is 0 Å². The predicted molar refractivity (Wildman–Crippen MR) is 130 cm³/mol. The third-order valence-corrected chi connectivity index (χ3v) is 5.25. The minimum Gasteiger partial charge on any atom is -0.326 e. The van der Waals surface area contributed by atoms with Gasteiger partial charge in [0.2, 0.25) is 5.91 Å². The van der Waals surface area contributed by atoms with Crippen LogP contribution in [0.25, 0.3) is 5.70 Å². The van der Waals surface area contributed by atoms with Crippen LogP contribution in [0.4, 0.5) is 11.5 Å². The van der Waals surface area contributed by atoms with Gasteiger partial charge in [0.25, 0.3) is 0 Å². The third-order valence-electron chi connectivity index (χ3n) is 4.33. The van der Waals surface area contributed by atoms with Gasteiger partial charge in [-0.05, 0) is 51.0 Å². The molecule has 0 unspecified atom stereocenters. The van der Waals surface area contributed by atoms with Crippen molar-refractivity contribution >= 4 is 40.7 Å². The number of allylic oxidation sites excluding steroid dienone is 1. The number of anilines is 1. The molecule has 0 saturated heterocycles. The van der Waals surface area contributed by atoms with E-state index in [1.807, 2.05) is 45.0 Å². The van der Waals surface area contributed by atoms with E-state index in [0.717, 1.165) is 30.0 Å². The quantitative estimate of drug-likeness (QED) is 0.212. The fourth-order valence-electron chi connectivity index (χ4n) is 2.62. The van der Waals surface area contributed by atoms with Crippen molar-refractivity contribution in [3.63, 3.8) is 0 Å². The molecular weight excluding hydrogens is 422 g/mol. The number of amidine groups is 1. The Hall–Kier alpha value is -3.35. The number of benzene rings is 1. The van der Waals surface area contributed by atoms with Crippen molar-refractivity contribution in [2.45, 2.75) is 43.5 Å². The Bertz CT molecular complexity index is 1070. The zero-order valence-corrected chi connectivity index (χ0v) is 19.4. The summed E-state index contributed by atoms with van der Waals surface area (Å²) in [5.74, 6) is 1.19. The summed E-state index contributed by atoms with van der Waals surface area (Å²) in [6.07, 6.45) is 11.7. The summed E-state index contributed by atoms with van der Waals surface area (Å²) in [4.78, 5) is 21.8. The zero-order chi connectivity index (χ0) is 23.7. The number of nitrogens with one attached hydrogen (secondary N) is 4. The minimum absolute atomic E-state index is 0.0923. The Morgan fingerprint density at radius 3 is 2.53 bits per heavy atom. The van der Waals surface area contributed by atoms with Gasteiger partial charge in [0.15, 0.2) is 11.3 Å². The van der Waals surface area contributed by atoms with E-state index in [1.165, 1.54) is 11.8 Å². The van der Waals surface area contributed by atoms with Crippen LogP contribution >= 0.6 is 11.8 Å². The van der Waals surface area contributed by atoms with Gasteiger partial charge < -0.3 is 15.3 Å². The number of carbonyl (C=O) groups is 1. The molecule has 2 aromatic rings. The van der Waals surface area contributed by atoms with E-state index in [0.29, 0.717) is 22.4 Å². The number of carbonyl (C=O) groups excluding carboxylic acids is 1. The number of amides is 1. The number of hydrazine groups is 1. The lowest BCUT2D eigenvalue weighted by atomic mass is 10.3. The third kappa shape index (κ3) is 7.11. The highest BCUT2D eigenvalue weighted by molar-refractivity contribution is 7.99. The average Bonchev–Trinajstić information content (AvgIpc) is 3.62. The van der Waals surface area contributed by atoms with Crippen molar-refractivity contribution in [1.29, 1.82) is 5.41 Å². The summed E-state index contributed by atoms with van der Waals surface area (Å²) in [6.45, 7) is 10.3. The zero-order valence-electron chi connectivity index (χ0n) is 18.6. The molecule has 9 heteroatoms. The van der Waals surface area contributed by atoms with E-state index >= 15 is 0 Å². The Kier molecular flexibility index (Phi) is 9.25. The molecule has 0 spiro atoms. The van der Waals surface area contributed by atoms with E-state index < -0.39 is 0 Å². The molecule has 0 bridgehead atoms. The second-order valence-electron chi connectivity index (χ2n) is 7.10. The van der Waals surface area contributed by atoms with E-state index in [1.54, 1.807) is 10.8 Å². The monoisotopic (exact) mass is 451 g/mol. The average molecular weight is 452 g/mol. The van der Waals surface area contributed by atoms with Crippen LogP contribution in [-0.4, -0.2) is 27.8 Å². The molecule has 1 amide bonds. The van der Waals surface area contributed by atoms with Gasteiger partial charge in [-0.2, -0.15) is 0 Å². The molecule has 1 aliphatic rings. The second-order valence-corrected chi connectivity index (χ2v) is 8.19. The van der Waals surface area contributed by atoms with Gasteiger partial charge in [-0.1, -0.05) is 25.3 Å². The Labute approximate surface area is 193 Å². The second kappa shape index (κ2) is 11.9. The van der Waals surface area contributed by atoms with Crippen LogP contribution in [0.15, 0.2) is 52.0 Å². The molecule has 1 saturated carbocycles. The van der Waals surface area contributed by atoms with Crippen LogP contribution in [0.5, 0.6) is 0 Å². The SMILES string of the molecule is C#C.C=C(C)n1cc(Sc2ccc(NC(=O)C3CC3)cc2)nc(N=C(C)NNCC)c1=N. The predicted octanol–water partition coefficient (Wildman–Crippen LogP) is 3.77. The van der Waals surface area contributed by atoms with Gasteiger partial charge in [-0.25, -0.2) is 15.4 Å². The molecule has 1 aromatic carbocycles. The highest BCUT2D eigenvalue weighted by Gasteiger charge is 2.29. The molecular formula is C23H29N7OS. The lowest BCUT2D eigenvalue weighted by molar-refractivity contribution is -0.117. The van der Waals surface area contributed by atoms with E-state index in [2.05, 4.69) is 45.6 Å². The summed E-state index contributed by atoms with van der Waals surface area (Å²) >= 11 is 1.46. The van der Waals surface area contributed by atoms with Crippen molar-refractivity contribution in [2.75, 3.05) is 11.9 Å². The summed E-state index contributed by atoms with van der Waals surface area (Å²) in [7, 11) is 0. The van der Waals surface area contributed by atoms with Crippen LogP contribution < -0.4 is 21.7 Å². The number of nitrogens with zero attached hydrogens (tertiary/aromatic N) is 3. The Morgan fingerprint density at radius 2 is 1.97 bits per heavy atom. The number of aliphatic imine (C=N–C) groups is 1. The molecule has 1 heterocycles. The van der Waals surface area contributed by atoms with Crippen LogP contribution in [0, 0.1) is 24.2 Å². The minimum atomic E-state index is 0.0923. The Balaban J connectivity index is 0.00000176. The van der Waals surface area contributed by atoms with Crippen molar-refractivity contribution < 1.29 is 4.79 Å². The van der Waals surface area contributed by atoms with Crippen molar-refractivity contribution in [3.05, 3.63) is 42.5 Å². The van der Waals surface area contributed by atoms with Crippen LogP contribution in [-0.2, 0) is 4.79 Å². The molecule has 4 N–H and O–H groups in total. The molecule has 0 aliphatic heterocycles. The summed E-state index contributed by atoms with van der Waals surface area (Å²) < 4.78 is 1.67. The van der Waals surface area contributed by atoms with Gasteiger partial charge >= 0.3 is 0 Å². The largest absolute Gasteiger partial charge is 0.326 e. The van der Waals surface area contributed by atoms with Crippen molar-refractivity contribution in [1.82, 2.24) is 20.4 Å². The molecule has 1 fully saturated rings. The van der Waals surface area contributed by atoms with Gasteiger partial charge in [-0.15, -0.1) is 12.8 Å². The first-order chi connectivity index (χ1) is 15.4. The van der Waals surface area contributed by atoms with Crippen molar-refractivity contribution in [3.8, 4) is 12.8 Å². The highest BCUT2D eigenvalue weighted by atomic mass is 32.2. The smallest absolute Gasteiger partial charge is 0.227 e. The lowest BCUT2D eigenvalue weighted by Crippen LogP contribution is -2.35. The molecule has 32 heavy (non-hydrogen) atoms. The van der Waals surface area contributed by atoms with Gasteiger partial charge in [-0.3, -0.25) is 10.2 Å². The van der Waals surface area contributed by atoms with E-state index in [9.17, 15) is 4.79 Å². The fraction of sp³-hybridized carbons (Fsp3) is 0.304. The normalized spacial score (nSPS) is 13.0. The summed E-state index contributed by atoms with van der Waals surface area (Å²) in [5.41, 5.74) is 7.61. The Morgan fingerprint density at radius 1 is 1.31 bits per heavy atom. The maximum absolute atomic E-state index is 11.9. The number of aromatic nitrogens is 2. The summed E-state index contributed by atoms with van der Waals surface area (Å²) in [6, 6.07) is 7.65. The first-order valence-corrected chi connectivity index (χ1v) is 11.0. The fourth-order valence-corrected chi connectivity index (χ4v) is 3.42. The maximum atomic E-state index is 11.9. The molecule has 0 radical (unpaired) electrons. The molecule has 1 aromatic heterocycles. The maximum Gasteiger partial charge on any atom is 0.227 e. The topological polar surface area (TPSA) is 107 Å². The number of terminal acetylenes is 1. The standard InChI is InChI=1S/C21H27N7OS.C2H2/c1-5-23-27-14(4)24-20-19(22)28(13(2)3)12-18(26-20)30-17-10-8-16(9-11-17)25-21(29)15-6-7-15;1-2/h8-12,15,22-23H,2,5-7H2,1,3-4H3,(H,25,29)(H,24,26,27);1-2H. The van der Waals surface area contributed by atoms with Crippen molar-refractivity contribution in [2.24, 2.45) is 10.9 Å². The number of rotatable bonds is 8. The number of hydrogen-bond donors (Lipinski definition) is 4. The molecule has 8 nitrogen and oxygen atoms in total. The van der Waals surface area contributed by atoms with Gasteiger partial charge in [0.05, 0.1) is 0 Å². The molecule has 3 rings (SSSR count). The van der Waals surface area contributed by atoms with Crippen LogP contribution in [0.1, 0.15) is 33.6 Å². The van der Waals surface area contributed by atoms with Gasteiger partial charge in [0, 0.05) is 34.9 Å². The first-order valence-electron chi connectivity index (χ1n) is 10.2. The van der Waals surface area contributed by atoms with Gasteiger partial charge in [0.1, 0.15) is 10.9 Å². The van der Waals surface area contributed by atoms with E-state index in [4.69, 9.17) is 5.41 Å². The molecule has 168 valence electrons. The summed E-state index contributed by atoms with van der Waals surface area (Å²) in [5, 5.41) is 12.0. The highest BCUT2D eigenvalue weighted by Crippen LogP contribution is 2.31. The lowest BCUT2D eigenvalue weighted by Gasteiger charge is -2.11. The molecule has 1 aliphatic carbocycles. The molecule has 0 atom stereocenters.